The second kappa shape index (κ2) is 19.6. The van der Waals surface area contributed by atoms with Crippen LogP contribution in [0.4, 0.5) is 0 Å². The summed E-state index contributed by atoms with van der Waals surface area (Å²) in [6, 6.07) is 31.3. The molecule has 240 valence electrons. The standard InChI is InChI=1S/2C16H18NO2S.H2O4S/c2*1-3-19-16(18)15(13-9-5-4-6-10-13)20-14-11-7-8-12-17(14)2;1-5(2,3)4/h2*4-12,15H,3H2,1-2H3;(H2,1,2,3,4)/q2*+1;/p-2. The third-order valence-corrected chi connectivity index (χ3v) is 8.43. The van der Waals surface area contributed by atoms with Gasteiger partial charge in [-0.25, -0.2) is 0 Å². The van der Waals surface area contributed by atoms with Gasteiger partial charge < -0.3 is 18.6 Å². The molecule has 2 heterocycles. The first-order valence-electron chi connectivity index (χ1n) is 13.8. The molecule has 0 saturated heterocycles. The maximum Gasteiger partial charge on any atom is 0.324 e. The van der Waals surface area contributed by atoms with Crippen LogP contribution in [0.5, 0.6) is 0 Å². The maximum absolute atomic E-state index is 12.2. The minimum atomic E-state index is -5.17. The first-order valence-corrected chi connectivity index (χ1v) is 16.9. The lowest BCUT2D eigenvalue weighted by molar-refractivity contribution is -0.709. The zero-order valence-corrected chi connectivity index (χ0v) is 27.8. The fraction of sp³-hybridized carbons (Fsp3) is 0.250. The smallest absolute Gasteiger partial charge is 0.324 e. The summed E-state index contributed by atoms with van der Waals surface area (Å²) in [5.41, 5.74) is 1.92. The van der Waals surface area contributed by atoms with Gasteiger partial charge in [0, 0.05) is 34.7 Å². The Bertz CT molecular complexity index is 1480. The Labute approximate surface area is 273 Å². The third kappa shape index (κ3) is 14.3. The molecule has 0 spiro atoms. The monoisotopic (exact) mass is 672 g/mol. The van der Waals surface area contributed by atoms with E-state index in [4.69, 9.17) is 27.0 Å². The Kier molecular flexibility index (Phi) is 16.3. The van der Waals surface area contributed by atoms with Crippen molar-refractivity contribution in [2.75, 3.05) is 13.2 Å². The van der Waals surface area contributed by atoms with E-state index >= 15 is 0 Å². The van der Waals surface area contributed by atoms with Crippen molar-refractivity contribution in [2.45, 2.75) is 34.4 Å². The molecule has 2 atom stereocenters. The number of rotatable bonds is 10. The minimum absolute atomic E-state index is 0.201. The van der Waals surface area contributed by atoms with Crippen molar-refractivity contribution in [3.63, 3.8) is 0 Å². The molecule has 0 fully saturated rings. The number of hydrogen-bond donors (Lipinski definition) is 0. The first kappa shape index (κ1) is 37.4. The van der Waals surface area contributed by atoms with Crippen LogP contribution in [0.1, 0.15) is 35.5 Å². The van der Waals surface area contributed by atoms with Crippen LogP contribution in [0.3, 0.4) is 0 Å². The number of thioether (sulfide) groups is 2. The van der Waals surface area contributed by atoms with E-state index in [1.807, 2.05) is 147 Å². The van der Waals surface area contributed by atoms with Gasteiger partial charge in [0.2, 0.25) is 10.1 Å². The van der Waals surface area contributed by atoms with E-state index in [-0.39, 0.29) is 22.4 Å². The largest absolute Gasteiger partial charge is 0.759 e. The number of benzene rings is 2. The summed E-state index contributed by atoms with van der Waals surface area (Å²) in [5, 5.41) is 1.36. The highest BCUT2D eigenvalue weighted by Crippen LogP contribution is 2.35. The van der Waals surface area contributed by atoms with Gasteiger partial charge in [0.25, 0.3) is 0 Å². The van der Waals surface area contributed by atoms with Gasteiger partial charge in [-0.2, -0.15) is 9.13 Å². The number of carbonyl (C=O) groups excluding carboxylic acids is 2. The fourth-order valence-corrected chi connectivity index (χ4v) is 5.86. The Balaban J connectivity index is 0.000000273. The predicted molar refractivity (Wildman–Crippen MR) is 169 cm³/mol. The van der Waals surface area contributed by atoms with Gasteiger partial charge in [-0.15, -0.1) is 0 Å². The van der Waals surface area contributed by atoms with Crippen LogP contribution in [0.15, 0.2) is 120 Å². The van der Waals surface area contributed by atoms with Crippen LogP contribution in [-0.4, -0.2) is 42.7 Å². The lowest BCUT2D eigenvalue weighted by Crippen LogP contribution is -2.30. The molecule has 0 bridgehead atoms. The van der Waals surface area contributed by atoms with Crippen molar-refractivity contribution >= 4 is 45.9 Å². The van der Waals surface area contributed by atoms with E-state index in [1.54, 1.807) is 0 Å². The lowest BCUT2D eigenvalue weighted by atomic mass is 10.1. The zero-order valence-electron chi connectivity index (χ0n) is 25.3. The maximum atomic E-state index is 12.2. The van der Waals surface area contributed by atoms with Gasteiger partial charge >= 0.3 is 11.9 Å². The molecule has 0 amide bonds. The van der Waals surface area contributed by atoms with Crippen molar-refractivity contribution in [1.29, 1.82) is 0 Å². The molecule has 0 aliphatic carbocycles. The number of nitrogens with zero attached hydrogens (tertiary/aromatic N) is 2. The zero-order chi connectivity index (χ0) is 33.2. The predicted octanol–water partition coefficient (Wildman–Crippen LogP) is 4.48. The average Bonchev–Trinajstić information content (AvgIpc) is 3.01. The van der Waals surface area contributed by atoms with Gasteiger partial charge in [0.1, 0.15) is 24.6 Å². The number of aromatic nitrogens is 2. The van der Waals surface area contributed by atoms with Crippen LogP contribution < -0.4 is 9.13 Å². The van der Waals surface area contributed by atoms with Crippen molar-refractivity contribution in [1.82, 2.24) is 0 Å². The average molecular weight is 673 g/mol. The van der Waals surface area contributed by atoms with Gasteiger partial charge in [-0.1, -0.05) is 60.7 Å². The highest BCUT2D eigenvalue weighted by atomic mass is 32.3. The Morgan fingerprint density at radius 3 is 1.24 bits per heavy atom. The Hall–Kier alpha value is -3.75. The van der Waals surface area contributed by atoms with Crippen molar-refractivity contribution in [2.24, 2.45) is 14.1 Å². The summed E-state index contributed by atoms with van der Waals surface area (Å²) in [6.45, 7) is 4.44. The second-order valence-corrected chi connectivity index (χ2v) is 12.1. The molecule has 4 rings (SSSR count). The van der Waals surface area contributed by atoms with E-state index in [9.17, 15) is 9.59 Å². The summed E-state index contributed by atoms with van der Waals surface area (Å²) in [5.74, 6) is -0.403. The van der Waals surface area contributed by atoms with E-state index < -0.39 is 10.4 Å². The number of ether oxygens (including phenoxy) is 2. The number of hydrogen-bond acceptors (Lipinski definition) is 10. The lowest BCUT2D eigenvalue weighted by Gasteiger charge is -2.14. The van der Waals surface area contributed by atoms with Gasteiger partial charge in [0.05, 0.1) is 13.2 Å². The molecule has 13 heteroatoms. The van der Waals surface area contributed by atoms with Crippen LogP contribution >= 0.6 is 23.5 Å². The molecule has 2 aromatic heterocycles. The molecular weight excluding hydrogens is 637 g/mol. The number of carbonyl (C=O) groups is 2. The third-order valence-electron chi connectivity index (χ3n) is 5.70. The topological polar surface area (TPSA) is 141 Å². The highest BCUT2D eigenvalue weighted by Gasteiger charge is 2.27. The van der Waals surface area contributed by atoms with Crippen LogP contribution in [0.2, 0.25) is 0 Å². The molecule has 0 N–H and O–H groups in total. The summed E-state index contributed by atoms with van der Waals surface area (Å²) in [6.07, 6.45) is 3.94. The quantitative estimate of drug-likeness (QED) is 0.0779. The first-order chi connectivity index (χ1) is 21.4. The number of esters is 2. The molecule has 2 unspecified atom stereocenters. The summed E-state index contributed by atoms with van der Waals surface area (Å²) >= 11 is 3.01. The molecule has 0 aliphatic rings. The molecule has 45 heavy (non-hydrogen) atoms. The molecule has 10 nitrogen and oxygen atoms in total. The number of pyridine rings is 2. The van der Waals surface area contributed by atoms with Gasteiger partial charge in [-0.05, 0) is 60.6 Å². The van der Waals surface area contributed by atoms with Crippen molar-refractivity contribution in [3.8, 4) is 0 Å². The van der Waals surface area contributed by atoms with E-state index in [0.717, 1.165) is 21.2 Å². The van der Waals surface area contributed by atoms with Gasteiger partial charge in [0.15, 0.2) is 12.4 Å². The number of aryl methyl sites for hydroxylation is 2. The molecule has 0 aliphatic heterocycles. The van der Waals surface area contributed by atoms with Crippen LogP contribution in [0, 0.1) is 0 Å². The summed E-state index contributed by atoms with van der Waals surface area (Å²) in [7, 11) is -1.23. The SMILES string of the molecule is CCOC(=O)C(Sc1cccc[n+]1C)c1ccccc1.CCOC(=O)C(Sc1cccc[n+]1C)c1ccccc1.O=S(=O)([O-])[O-]. The van der Waals surface area contributed by atoms with Crippen LogP contribution in [0.25, 0.3) is 0 Å². The van der Waals surface area contributed by atoms with E-state index in [0.29, 0.717) is 13.2 Å². The summed E-state index contributed by atoms with van der Waals surface area (Å²) in [4.78, 5) is 24.4. The molecule has 2 aromatic carbocycles. The minimum Gasteiger partial charge on any atom is -0.759 e. The summed E-state index contributed by atoms with van der Waals surface area (Å²) < 4.78 is 48.5. The van der Waals surface area contributed by atoms with E-state index in [2.05, 4.69) is 0 Å². The Morgan fingerprint density at radius 1 is 0.644 bits per heavy atom. The molecule has 4 aromatic rings. The fourth-order valence-electron chi connectivity index (χ4n) is 3.70. The molecule has 0 radical (unpaired) electrons. The van der Waals surface area contributed by atoms with E-state index in [1.165, 1.54) is 23.5 Å². The van der Waals surface area contributed by atoms with Crippen molar-refractivity contribution in [3.05, 3.63) is 121 Å². The highest BCUT2D eigenvalue weighted by molar-refractivity contribution is 8.00. The molecular formula is C32H36N2O8S3. The van der Waals surface area contributed by atoms with Crippen molar-refractivity contribution < 1.29 is 45.7 Å². The normalized spacial score (nSPS) is 11.9. The second-order valence-electron chi connectivity index (χ2n) is 9.03. The van der Waals surface area contributed by atoms with Gasteiger partial charge in [-0.3, -0.25) is 18.0 Å². The molecule has 0 saturated carbocycles. The Morgan fingerprint density at radius 2 is 0.956 bits per heavy atom. The van der Waals surface area contributed by atoms with Crippen LogP contribution in [-0.2, 0) is 43.6 Å².